The van der Waals surface area contributed by atoms with E-state index in [9.17, 15) is 0 Å². The van der Waals surface area contributed by atoms with E-state index >= 15 is 0 Å². The van der Waals surface area contributed by atoms with Crippen molar-refractivity contribution in [2.45, 2.75) is 19.6 Å². The molecule has 0 spiro atoms. The third kappa shape index (κ3) is 7.00. The highest BCUT2D eigenvalue weighted by atomic mass is 127. The van der Waals surface area contributed by atoms with Crippen LogP contribution in [0.25, 0.3) is 11.4 Å². The molecule has 1 unspecified atom stereocenters. The number of aromatic amines is 1. The number of rotatable bonds is 7. The molecule has 0 saturated carbocycles. The second-order valence-corrected chi connectivity index (χ2v) is 7.05. The van der Waals surface area contributed by atoms with Crippen molar-refractivity contribution in [2.75, 3.05) is 13.6 Å². The molecule has 0 radical (unpaired) electrons. The van der Waals surface area contributed by atoms with Crippen LogP contribution in [0.1, 0.15) is 12.5 Å². The molecule has 3 aromatic rings. The summed E-state index contributed by atoms with van der Waals surface area (Å²) in [5, 5.41) is 13.4. The van der Waals surface area contributed by atoms with Gasteiger partial charge < -0.3 is 15.4 Å². The molecule has 1 aromatic heterocycles. The topological polar surface area (TPSA) is 87.2 Å². The molecule has 154 valence electrons. The van der Waals surface area contributed by atoms with E-state index in [0.29, 0.717) is 19.0 Å². The molecular formula is C20H24BrIN6O. The number of guanidine groups is 1. The molecule has 2 aromatic carbocycles. The number of benzene rings is 2. The van der Waals surface area contributed by atoms with E-state index < -0.39 is 0 Å². The number of halogens is 2. The Balaban J connectivity index is 0.00000300. The molecule has 0 amide bonds. The lowest BCUT2D eigenvalue weighted by Gasteiger charge is -2.18. The Bertz CT molecular complexity index is 919. The highest BCUT2D eigenvalue weighted by Gasteiger charge is 2.08. The molecule has 9 heteroatoms. The number of aliphatic imine (C=N–C) groups is 1. The monoisotopic (exact) mass is 570 g/mol. The molecule has 29 heavy (non-hydrogen) atoms. The van der Waals surface area contributed by atoms with Crippen molar-refractivity contribution in [2.24, 2.45) is 4.99 Å². The third-order valence-corrected chi connectivity index (χ3v) is 4.68. The second-order valence-electron chi connectivity index (χ2n) is 6.20. The van der Waals surface area contributed by atoms with E-state index in [-0.39, 0.29) is 30.1 Å². The molecule has 0 bridgehead atoms. The summed E-state index contributed by atoms with van der Waals surface area (Å²) in [6, 6.07) is 15.9. The van der Waals surface area contributed by atoms with Crippen molar-refractivity contribution < 1.29 is 4.74 Å². The summed E-state index contributed by atoms with van der Waals surface area (Å²) in [5.41, 5.74) is 2.12. The van der Waals surface area contributed by atoms with Crippen LogP contribution in [0.4, 0.5) is 0 Å². The number of hydrogen-bond donors (Lipinski definition) is 3. The lowest BCUT2D eigenvalue weighted by atomic mass is 10.1. The smallest absolute Gasteiger partial charge is 0.191 e. The first-order chi connectivity index (χ1) is 13.7. The van der Waals surface area contributed by atoms with Gasteiger partial charge in [-0.2, -0.15) is 5.10 Å². The maximum absolute atomic E-state index is 5.95. The van der Waals surface area contributed by atoms with Gasteiger partial charge in [-0.25, -0.2) is 4.98 Å². The fraction of sp³-hybridized carbons (Fsp3) is 0.250. The van der Waals surface area contributed by atoms with E-state index in [1.54, 1.807) is 7.05 Å². The van der Waals surface area contributed by atoms with E-state index in [1.807, 2.05) is 43.3 Å². The third-order valence-electron chi connectivity index (χ3n) is 4.02. The fourth-order valence-corrected chi connectivity index (χ4v) is 3.00. The van der Waals surface area contributed by atoms with Gasteiger partial charge in [0, 0.05) is 19.2 Å². The molecule has 0 aliphatic rings. The predicted octanol–water partition coefficient (Wildman–Crippen LogP) is 3.98. The maximum atomic E-state index is 5.95. The minimum atomic E-state index is -0.0213. The number of para-hydroxylation sites is 1. The van der Waals surface area contributed by atoms with Crippen LogP contribution in [0.3, 0.4) is 0 Å². The zero-order valence-electron chi connectivity index (χ0n) is 16.2. The summed E-state index contributed by atoms with van der Waals surface area (Å²) in [6.07, 6.45) is 1.48. The number of hydrogen-bond acceptors (Lipinski definition) is 4. The number of ether oxygens (including phenoxy) is 1. The van der Waals surface area contributed by atoms with Crippen LogP contribution in [0.2, 0.25) is 0 Å². The molecule has 3 N–H and O–H groups in total. The van der Waals surface area contributed by atoms with E-state index in [2.05, 4.69) is 58.9 Å². The standard InChI is InChI=1S/C20H23BrN6O.HI/c1-14(28-18-9-4-3-8-17(18)21)11-23-20(22-2)24-12-15-6-5-7-16(10-15)19-25-13-26-27-19;/h3-10,13-14H,11-12H2,1-2H3,(H2,22,23,24)(H,25,26,27);1H. The van der Waals surface area contributed by atoms with Gasteiger partial charge in [0.2, 0.25) is 0 Å². The van der Waals surface area contributed by atoms with Crippen molar-refractivity contribution in [1.82, 2.24) is 25.8 Å². The summed E-state index contributed by atoms with van der Waals surface area (Å²) < 4.78 is 6.89. The van der Waals surface area contributed by atoms with Crippen molar-refractivity contribution in [3.05, 3.63) is 64.9 Å². The van der Waals surface area contributed by atoms with Gasteiger partial charge in [-0.05, 0) is 46.6 Å². The van der Waals surface area contributed by atoms with Gasteiger partial charge >= 0.3 is 0 Å². The summed E-state index contributed by atoms with van der Waals surface area (Å²) in [5.74, 6) is 2.29. The Hall–Kier alpha value is -2.14. The van der Waals surface area contributed by atoms with Gasteiger partial charge in [-0.1, -0.05) is 30.3 Å². The molecule has 7 nitrogen and oxygen atoms in total. The van der Waals surface area contributed by atoms with Crippen LogP contribution < -0.4 is 15.4 Å². The number of H-pyrrole nitrogens is 1. The predicted molar refractivity (Wildman–Crippen MR) is 130 cm³/mol. The van der Waals surface area contributed by atoms with Crippen LogP contribution >= 0.6 is 39.9 Å². The van der Waals surface area contributed by atoms with Gasteiger partial charge in [0.1, 0.15) is 18.2 Å². The molecule has 3 rings (SSSR count). The van der Waals surface area contributed by atoms with Gasteiger partial charge in [0.05, 0.1) is 11.0 Å². The number of aromatic nitrogens is 3. The van der Waals surface area contributed by atoms with E-state index in [4.69, 9.17) is 4.74 Å². The zero-order valence-corrected chi connectivity index (χ0v) is 20.1. The summed E-state index contributed by atoms with van der Waals surface area (Å²) in [7, 11) is 1.75. The minimum Gasteiger partial charge on any atom is -0.488 e. The first-order valence-corrected chi connectivity index (χ1v) is 9.75. The van der Waals surface area contributed by atoms with Crippen LogP contribution in [-0.4, -0.2) is 40.8 Å². The summed E-state index contributed by atoms with van der Waals surface area (Å²) >= 11 is 3.50. The van der Waals surface area contributed by atoms with Crippen molar-refractivity contribution in [3.63, 3.8) is 0 Å². The number of nitrogens with zero attached hydrogens (tertiary/aromatic N) is 3. The Labute approximate surface area is 195 Å². The van der Waals surface area contributed by atoms with Crippen LogP contribution in [0.15, 0.2) is 64.3 Å². The second kappa shape index (κ2) is 11.8. The van der Waals surface area contributed by atoms with Crippen molar-refractivity contribution >= 4 is 45.9 Å². The lowest BCUT2D eigenvalue weighted by molar-refractivity contribution is 0.222. The fourth-order valence-electron chi connectivity index (χ4n) is 2.62. The van der Waals surface area contributed by atoms with Gasteiger partial charge in [-0.15, -0.1) is 24.0 Å². The quantitative estimate of drug-likeness (QED) is 0.227. The average Bonchev–Trinajstić information content (AvgIpc) is 3.25. The largest absolute Gasteiger partial charge is 0.488 e. The normalized spacial score (nSPS) is 12.0. The first kappa shape index (κ1) is 23.1. The van der Waals surface area contributed by atoms with Crippen LogP contribution in [0, 0.1) is 0 Å². The molecule has 0 aliphatic heterocycles. The summed E-state index contributed by atoms with van der Waals surface area (Å²) in [4.78, 5) is 8.46. The zero-order chi connectivity index (χ0) is 19.8. The van der Waals surface area contributed by atoms with Crippen LogP contribution in [-0.2, 0) is 6.54 Å². The minimum absolute atomic E-state index is 0. The SMILES string of the molecule is CN=C(NCc1cccc(-c2ncn[nH]2)c1)NCC(C)Oc1ccccc1Br.I. The Morgan fingerprint density at radius 2 is 2.03 bits per heavy atom. The van der Waals surface area contributed by atoms with Gasteiger partial charge in [-0.3, -0.25) is 10.1 Å². The maximum Gasteiger partial charge on any atom is 0.191 e. The highest BCUT2D eigenvalue weighted by Crippen LogP contribution is 2.24. The van der Waals surface area contributed by atoms with Crippen LogP contribution in [0.5, 0.6) is 5.75 Å². The molecule has 0 fully saturated rings. The van der Waals surface area contributed by atoms with Gasteiger partial charge in [0.15, 0.2) is 11.8 Å². The molecule has 0 saturated heterocycles. The highest BCUT2D eigenvalue weighted by molar-refractivity contribution is 14.0. The average molecular weight is 571 g/mol. The van der Waals surface area contributed by atoms with Gasteiger partial charge in [0.25, 0.3) is 0 Å². The van der Waals surface area contributed by atoms with Crippen molar-refractivity contribution in [3.8, 4) is 17.1 Å². The molecule has 1 atom stereocenters. The lowest BCUT2D eigenvalue weighted by Crippen LogP contribution is -2.41. The van der Waals surface area contributed by atoms with Crippen molar-refractivity contribution in [1.29, 1.82) is 0 Å². The molecule has 1 heterocycles. The summed E-state index contributed by atoms with van der Waals surface area (Å²) in [6.45, 7) is 3.28. The Kier molecular flexibility index (Phi) is 9.39. The Morgan fingerprint density at radius 3 is 2.76 bits per heavy atom. The van der Waals surface area contributed by atoms with E-state index in [0.717, 1.165) is 27.2 Å². The molecule has 0 aliphatic carbocycles. The Morgan fingerprint density at radius 1 is 1.21 bits per heavy atom. The first-order valence-electron chi connectivity index (χ1n) is 8.96. The van der Waals surface area contributed by atoms with E-state index in [1.165, 1.54) is 6.33 Å². The molecular weight excluding hydrogens is 547 g/mol. The number of nitrogens with one attached hydrogen (secondary N) is 3.